The van der Waals surface area contributed by atoms with E-state index in [9.17, 15) is 4.39 Å². The highest BCUT2D eigenvalue weighted by Crippen LogP contribution is 2.27. The summed E-state index contributed by atoms with van der Waals surface area (Å²) in [6, 6.07) is 18.8. The summed E-state index contributed by atoms with van der Waals surface area (Å²) in [6.07, 6.45) is 0. The molecule has 19 heavy (non-hydrogen) atoms. The van der Waals surface area contributed by atoms with Crippen molar-refractivity contribution >= 4 is 27.8 Å². The van der Waals surface area contributed by atoms with Crippen LogP contribution < -0.4 is 11.1 Å². The molecule has 0 aromatic heterocycles. The molecule has 3 rings (SSSR count). The standard InChI is InChI=1S/C16H13FN2/c17-14-10-12(8-9-15(14)18)19-16-7-3-5-11-4-1-2-6-13(11)16/h1-10,19H,18H2. The first-order valence-corrected chi connectivity index (χ1v) is 6.04. The quantitative estimate of drug-likeness (QED) is 0.667. The SMILES string of the molecule is Nc1ccc(Nc2cccc3ccccc23)cc1F. The van der Waals surface area contributed by atoms with E-state index in [1.165, 1.54) is 6.07 Å². The number of rotatable bonds is 2. The monoisotopic (exact) mass is 252 g/mol. The van der Waals surface area contributed by atoms with E-state index in [1.54, 1.807) is 12.1 Å². The molecule has 0 saturated heterocycles. The topological polar surface area (TPSA) is 38.0 Å². The van der Waals surface area contributed by atoms with E-state index >= 15 is 0 Å². The van der Waals surface area contributed by atoms with Gasteiger partial charge in [-0.05, 0) is 29.7 Å². The molecule has 3 aromatic rings. The van der Waals surface area contributed by atoms with Crippen molar-refractivity contribution < 1.29 is 4.39 Å². The fraction of sp³-hybridized carbons (Fsp3) is 0. The Balaban J connectivity index is 2.03. The van der Waals surface area contributed by atoms with Gasteiger partial charge in [0.1, 0.15) is 5.82 Å². The number of benzene rings is 3. The fourth-order valence-electron chi connectivity index (χ4n) is 2.09. The van der Waals surface area contributed by atoms with E-state index in [2.05, 4.69) is 5.32 Å². The van der Waals surface area contributed by atoms with Gasteiger partial charge in [-0.3, -0.25) is 0 Å². The van der Waals surface area contributed by atoms with Crippen molar-refractivity contribution in [2.75, 3.05) is 11.1 Å². The predicted octanol–water partition coefficient (Wildman–Crippen LogP) is 4.30. The molecule has 0 aliphatic rings. The molecular formula is C16H13FN2. The Labute approximate surface area is 110 Å². The number of nitrogen functional groups attached to an aromatic ring is 1. The average molecular weight is 252 g/mol. The van der Waals surface area contributed by atoms with Gasteiger partial charge >= 0.3 is 0 Å². The minimum Gasteiger partial charge on any atom is -0.396 e. The Morgan fingerprint density at radius 1 is 0.895 bits per heavy atom. The largest absolute Gasteiger partial charge is 0.396 e. The first kappa shape index (κ1) is 11.5. The summed E-state index contributed by atoms with van der Waals surface area (Å²) in [5, 5.41) is 5.46. The molecule has 0 unspecified atom stereocenters. The summed E-state index contributed by atoms with van der Waals surface area (Å²) in [6.45, 7) is 0. The molecule has 0 atom stereocenters. The second kappa shape index (κ2) is 4.61. The third-order valence-electron chi connectivity index (χ3n) is 3.07. The lowest BCUT2D eigenvalue weighted by Crippen LogP contribution is -1.95. The lowest BCUT2D eigenvalue weighted by Gasteiger charge is -2.10. The van der Waals surface area contributed by atoms with Gasteiger partial charge < -0.3 is 11.1 Å². The van der Waals surface area contributed by atoms with E-state index in [-0.39, 0.29) is 5.69 Å². The van der Waals surface area contributed by atoms with Crippen LogP contribution in [0, 0.1) is 5.82 Å². The molecule has 3 heteroatoms. The van der Waals surface area contributed by atoms with Gasteiger partial charge in [-0.15, -0.1) is 0 Å². The van der Waals surface area contributed by atoms with Crippen LogP contribution in [0.2, 0.25) is 0 Å². The summed E-state index contributed by atoms with van der Waals surface area (Å²) in [7, 11) is 0. The molecule has 3 aromatic carbocycles. The van der Waals surface area contributed by atoms with Gasteiger partial charge in [0.25, 0.3) is 0 Å². The predicted molar refractivity (Wildman–Crippen MR) is 78.0 cm³/mol. The van der Waals surface area contributed by atoms with Crippen LogP contribution in [0.15, 0.2) is 60.7 Å². The van der Waals surface area contributed by atoms with Crippen molar-refractivity contribution in [3.05, 3.63) is 66.5 Å². The third kappa shape index (κ3) is 2.22. The van der Waals surface area contributed by atoms with Gasteiger partial charge in [-0.2, -0.15) is 0 Å². The third-order valence-corrected chi connectivity index (χ3v) is 3.07. The first-order chi connectivity index (χ1) is 9.24. The Hall–Kier alpha value is -2.55. The zero-order valence-electron chi connectivity index (χ0n) is 10.2. The maximum absolute atomic E-state index is 13.4. The Bertz CT molecular complexity index is 732. The second-order valence-electron chi connectivity index (χ2n) is 4.39. The van der Waals surface area contributed by atoms with Gasteiger partial charge in [-0.25, -0.2) is 4.39 Å². The van der Waals surface area contributed by atoms with Crippen LogP contribution >= 0.6 is 0 Å². The van der Waals surface area contributed by atoms with E-state index in [0.29, 0.717) is 5.69 Å². The summed E-state index contributed by atoms with van der Waals surface area (Å²) < 4.78 is 13.4. The summed E-state index contributed by atoms with van der Waals surface area (Å²) >= 11 is 0. The van der Waals surface area contributed by atoms with Crippen molar-refractivity contribution in [2.45, 2.75) is 0 Å². The lowest BCUT2D eigenvalue weighted by molar-refractivity contribution is 0.633. The zero-order valence-corrected chi connectivity index (χ0v) is 10.2. The second-order valence-corrected chi connectivity index (χ2v) is 4.39. The van der Waals surface area contributed by atoms with Gasteiger partial charge in [0, 0.05) is 16.8 Å². The van der Waals surface area contributed by atoms with Crippen LogP contribution in [-0.4, -0.2) is 0 Å². The number of hydrogen-bond acceptors (Lipinski definition) is 2. The van der Waals surface area contributed by atoms with Crippen molar-refractivity contribution in [3.63, 3.8) is 0 Å². The van der Waals surface area contributed by atoms with Gasteiger partial charge in [0.05, 0.1) is 5.69 Å². The summed E-state index contributed by atoms with van der Waals surface area (Å²) in [5.74, 6) is -0.412. The smallest absolute Gasteiger partial charge is 0.148 e. The van der Waals surface area contributed by atoms with E-state index in [4.69, 9.17) is 5.73 Å². The zero-order chi connectivity index (χ0) is 13.2. The van der Waals surface area contributed by atoms with Gasteiger partial charge in [0.2, 0.25) is 0 Å². The molecule has 0 aliphatic heterocycles. The van der Waals surface area contributed by atoms with E-state index in [0.717, 1.165) is 16.5 Å². The number of halogens is 1. The van der Waals surface area contributed by atoms with Crippen LogP contribution in [-0.2, 0) is 0 Å². The molecule has 0 heterocycles. The molecule has 0 bridgehead atoms. The molecule has 0 fully saturated rings. The Kier molecular flexibility index (Phi) is 2.80. The normalized spacial score (nSPS) is 10.6. The van der Waals surface area contributed by atoms with Crippen LogP contribution in [0.25, 0.3) is 10.8 Å². The molecule has 3 N–H and O–H groups in total. The minimum atomic E-state index is -0.412. The summed E-state index contributed by atoms with van der Waals surface area (Å²) in [5.41, 5.74) is 7.26. The van der Waals surface area contributed by atoms with Crippen LogP contribution in [0.3, 0.4) is 0 Å². The lowest BCUT2D eigenvalue weighted by atomic mass is 10.1. The maximum atomic E-state index is 13.4. The molecule has 94 valence electrons. The molecule has 2 nitrogen and oxygen atoms in total. The van der Waals surface area contributed by atoms with E-state index < -0.39 is 5.82 Å². The molecule has 0 saturated carbocycles. The highest BCUT2D eigenvalue weighted by atomic mass is 19.1. The number of nitrogens with one attached hydrogen (secondary N) is 1. The van der Waals surface area contributed by atoms with Crippen LogP contribution in [0.5, 0.6) is 0 Å². The number of fused-ring (bicyclic) bond motifs is 1. The first-order valence-electron chi connectivity index (χ1n) is 6.04. The van der Waals surface area contributed by atoms with Crippen LogP contribution in [0.4, 0.5) is 21.5 Å². The molecule has 0 aliphatic carbocycles. The van der Waals surface area contributed by atoms with E-state index in [1.807, 2.05) is 42.5 Å². The van der Waals surface area contributed by atoms with Crippen molar-refractivity contribution in [1.29, 1.82) is 0 Å². The number of anilines is 3. The molecule has 0 amide bonds. The minimum absolute atomic E-state index is 0.156. The molecule has 0 radical (unpaired) electrons. The van der Waals surface area contributed by atoms with Crippen molar-refractivity contribution in [1.82, 2.24) is 0 Å². The van der Waals surface area contributed by atoms with Crippen LogP contribution in [0.1, 0.15) is 0 Å². The number of hydrogen-bond donors (Lipinski definition) is 2. The highest BCUT2D eigenvalue weighted by molar-refractivity contribution is 5.95. The number of nitrogens with two attached hydrogens (primary N) is 1. The van der Waals surface area contributed by atoms with Gasteiger partial charge in [-0.1, -0.05) is 36.4 Å². The Morgan fingerprint density at radius 2 is 1.68 bits per heavy atom. The summed E-state index contributed by atoms with van der Waals surface area (Å²) in [4.78, 5) is 0. The maximum Gasteiger partial charge on any atom is 0.148 e. The van der Waals surface area contributed by atoms with Gasteiger partial charge in [0.15, 0.2) is 0 Å². The average Bonchev–Trinajstić information content (AvgIpc) is 2.43. The highest BCUT2D eigenvalue weighted by Gasteiger charge is 2.03. The molecule has 0 spiro atoms. The van der Waals surface area contributed by atoms with Crippen molar-refractivity contribution in [2.24, 2.45) is 0 Å². The van der Waals surface area contributed by atoms with Crippen molar-refractivity contribution in [3.8, 4) is 0 Å². The molecular weight excluding hydrogens is 239 g/mol. The Morgan fingerprint density at radius 3 is 2.53 bits per heavy atom. The fourth-order valence-corrected chi connectivity index (χ4v) is 2.09.